The first kappa shape index (κ1) is 15.1. The van der Waals surface area contributed by atoms with E-state index in [9.17, 15) is 4.79 Å². The van der Waals surface area contributed by atoms with Crippen LogP contribution in [0.5, 0.6) is 0 Å². The molecule has 1 heterocycles. The van der Waals surface area contributed by atoms with E-state index in [1.54, 1.807) is 6.07 Å². The summed E-state index contributed by atoms with van der Waals surface area (Å²) in [6.07, 6.45) is 2.65. The molecule has 1 aliphatic heterocycles. The van der Waals surface area contributed by atoms with E-state index in [1.807, 2.05) is 17.0 Å². The number of hydrogen-bond acceptors (Lipinski definition) is 2. The summed E-state index contributed by atoms with van der Waals surface area (Å²) >= 11 is 12.3. The summed E-state index contributed by atoms with van der Waals surface area (Å²) in [5.74, 6) is 0.514. The van der Waals surface area contributed by atoms with Gasteiger partial charge in [-0.05, 0) is 43.7 Å². The summed E-state index contributed by atoms with van der Waals surface area (Å²) in [7, 11) is 0. The molecule has 5 heteroatoms. The number of piperidine rings is 1. The third-order valence-electron chi connectivity index (χ3n) is 4.69. The molecule has 0 aromatic heterocycles. The van der Waals surface area contributed by atoms with Crippen molar-refractivity contribution >= 4 is 29.1 Å². The number of likely N-dealkylation sites (tertiary alicyclic amines) is 1. The maximum Gasteiger partial charge on any atom is 0.226 e. The first-order valence-electron chi connectivity index (χ1n) is 7.49. The summed E-state index contributed by atoms with van der Waals surface area (Å²) in [5.41, 5.74) is 6.97. The maximum atomic E-state index is 12.7. The second kappa shape index (κ2) is 5.79. The molecule has 1 aliphatic carbocycles. The molecule has 0 bridgehead atoms. The van der Waals surface area contributed by atoms with Crippen molar-refractivity contribution in [3.05, 3.63) is 33.8 Å². The van der Waals surface area contributed by atoms with Crippen LogP contribution in [0.3, 0.4) is 0 Å². The van der Waals surface area contributed by atoms with Crippen molar-refractivity contribution in [3.8, 4) is 0 Å². The van der Waals surface area contributed by atoms with Crippen LogP contribution in [0.4, 0.5) is 0 Å². The fourth-order valence-corrected chi connectivity index (χ4v) is 3.82. The Labute approximate surface area is 135 Å². The molecule has 1 aromatic rings. The van der Waals surface area contributed by atoms with Crippen LogP contribution in [0.1, 0.15) is 37.7 Å². The van der Waals surface area contributed by atoms with Gasteiger partial charge < -0.3 is 10.6 Å². The number of nitrogens with two attached hydrogens (primary N) is 1. The molecule has 21 heavy (non-hydrogen) atoms. The molecule has 2 fully saturated rings. The fourth-order valence-electron chi connectivity index (χ4n) is 3.37. The van der Waals surface area contributed by atoms with Crippen LogP contribution in [0, 0.1) is 5.92 Å². The lowest BCUT2D eigenvalue weighted by Crippen LogP contribution is -2.49. The van der Waals surface area contributed by atoms with Gasteiger partial charge in [0.05, 0.1) is 10.0 Å². The van der Waals surface area contributed by atoms with Crippen LogP contribution < -0.4 is 5.73 Å². The van der Waals surface area contributed by atoms with Gasteiger partial charge in [-0.1, -0.05) is 35.3 Å². The molecule has 2 N–H and O–H groups in total. The van der Waals surface area contributed by atoms with Crippen LogP contribution in [-0.2, 0) is 4.79 Å². The Morgan fingerprint density at radius 3 is 2.81 bits per heavy atom. The van der Waals surface area contributed by atoms with E-state index in [-0.39, 0.29) is 29.8 Å². The zero-order valence-electron chi connectivity index (χ0n) is 12.1. The summed E-state index contributed by atoms with van der Waals surface area (Å²) in [6.45, 7) is 2.86. The van der Waals surface area contributed by atoms with E-state index >= 15 is 0 Å². The van der Waals surface area contributed by atoms with Gasteiger partial charge in [0.25, 0.3) is 0 Å². The van der Waals surface area contributed by atoms with Crippen molar-refractivity contribution < 1.29 is 4.79 Å². The molecule has 1 saturated heterocycles. The predicted molar refractivity (Wildman–Crippen MR) is 85.7 cm³/mol. The fraction of sp³-hybridized carbons (Fsp3) is 0.562. The Morgan fingerprint density at radius 1 is 1.33 bits per heavy atom. The number of hydrogen-bond donors (Lipinski definition) is 1. The number of halogens is 2. The van der Waals surface area contributed by atoms with E-state index < -0.39 is 0 Å². The molecule has 3 rings (SSSR count). The van der Waals surface area contributed by atoms with Crippen molar-refractivity contribution in [1.82, 2.24) is 4.90 Å². The number of carbonyl (C=O) groups excluding carboxylic acids is 1. The quantitative estimate of drug-likeness (QED) is 0.904. The van der Waals surface area contributed by atoms with Gasteiger partial charge in [-0.15, -0.1) is 0 Å². The molecule has 0 radical (unpaired) electrons. The lowest BCUT2D eigenvalue weighted by Gasteiger charge is -2.36. The van der Waals surface area contributed by atoms with Crippen molar-refractivity contribution in [2.24, 2.45) is 11.7 Å². The van der Waals surface area contributed by atoms with Gasteiger partial charge in [-0.3, -0.25) is 4.79 Å². The summed E-state index contributed by atoms with van der Waals surface area (Å²) < 4.78 is 0. The molecule has 1 amide bonds. The highest BCUT2D eigenvalue weighted by Crippen LogP contribution is 2.51. The third-order valence-corrected chi connectivity index (χ3v) is 5.52. The molecule has 4 atom stereocenters. The third kappa shape index (κ3) is 2.92. The van der Waals surface area contributed by atoms with Gasteiger partial charge in [0.2, 0.25) is 5.91 Å². The van der Waals surface area contributed by atoms with Gasteiger partial charge in [-0.25, -0.2) is 0 Å². The van der Waals surface area contributed by atoms with Gasteiger partial charge in [-0.2, -0.15) is 0 Å². The molecule has 114 valence electrons. The Hall–Kier alpha value is -0.770. The first-order chi connectivity index (χ1) is 9.99. The lowest BCUT2D eigenvalue weighted by molar-refractivity contribution is -0.136. The Kier molecular flexibility index (Phi) is 4.17. The predicted octanol–water partition coefficient (Wildman–Crippen LogP) is 3.44. The molecule has 0 spiro atoms. The second-order valence-electron chi connectivity index (χ2n) is 6.26. The SMILES string of the molecule is CC1CC(N)CCN1C(=O)C1CC1c1cccc(Cl)c1Cl. The minimum atomic E-state index is 0.0535. The highest BCUT2D eigenvalue weighted by molar-refractivity contribution is 6.42. The average molecular weight is 327 g/mol. The first-order valence-corrected chi connectivity index (χ1v) is 8.24. The highest BCUT2D eigenvalue weighted by atomic mass is 35.5. The molecule has 1 aromatic carbocycles. The average Bonchev–Trinajstić information content (AvgIpc) is 3.21. The van der Waals surface area contributed by atoms with E-state index in [4.69, 9.17) is 28.9 Å². The molecular formula is C16H20Cl2N2O. The second-order valence-corrected chi connectivity index (χ2v) is 7.04. The van der Waals surface area contributed by atoms with Gasteiger partial charge in [0.15, 0.2) is 0 Å². The Bertz CT molecular complexity index is 563. The van der Waals surface area contributed by atoms with E-state index in [0.29, 0.717) is 10.0 Å². The molecule has 1 saturated carbocycles. The standard InChI is InChI=1S/C16H20Cl2N2O/c1-9-7-10(19)5-6-20(9)16(21)13-8-12(13)11-3-2-4-14(17)15(11)18/h2-4,9-10,12-13H,5-8,19H2,1H3. The van der Waals surface area contributed by atoms with Crippen LogP contribution >= 0.6 is 23.2 Å². The van der Waals surface area contributed by atoms with Crippen LogP contribution in [0.25, 0.3) is 0 Å². The van der Waals surface area contributed by atoms with Crippen LogP contribution in [0.2, 0.25) is 10.0 Å². The number of benzene rings is 1. The molecule has 4 unspecified atom stereocenters. The van der Waals surface area contributed by atoms with Gasteiger partial charge in [0.1, 0.15) is 0 Å². The van der Waals surface area contributed by atoms with Crippen molar-refractivity contribution in [2.45, 2.75) is 44.2 Å². The van der Waals surface area contributed by atoms with Crippen LogP contribution in [-0.4, -0.2) is 29.4 Å². The zero-order valence-corrected chi connectivity index (χ0v) is 13.6. The molecule has 3 nitrogen and oxygen atoms in total. The van der Waals surface area contributed by atoms with Crippen LogP contribution in [0.15, 0.2) is 18.2 Å². The van der Waals surface area contributed by atoms with Crippen molar-refractivity contribution in [2.75, 3.05) is 6.54 Å². The Balaban J connectivity index is 1.70. The summed E-state index contributed by atoms with van der Waals surface area (Å²) in [5, 5.41) is 1.15. The van der Waals surface area contributed by atoms with E-state index in [2.05, 4.69) is 6.92 Å². The topological polar surface area (TPSA) is 46.3 Å². The van der Waals surface area contributed by atoms with Crippen molar-refractivity contribution in [3.63, 3.8) is 0 Å². The van der Waals surface area contributed by atoms with Gasteiger partial charge >= 0.3 is 0 Å². The number of nitrogens with zero attached hydrogens (tertiary/aromatic N) is 1. The largest absolute Gasteiger partial charge is 0.340 e. The molecular weight excluding hydrogens is 307 g/mol. The number of carbonyl (C=O) groups is 1. The van der Waals surface area contributed by atoms with Crippen molar-refractivity contribution in [1.29, 1.82) is 0 Å². The van der Waals surface area contributed by atoms with Gasteiger partial charge in [0, 0.05) is 24.5 Å². The zero-order chi connectivity index (χ0) is 15.1. The smallest absolute Gasteiger partial charge is 0.226 e. The summed E-state index contributed by atoms with van der Waals surface area (Å²) in [6, 6.07) is 6.10. The monoisotopic (exact) mass is 326 g/mol. The Morgan fingerprint density at radius 2 is 2.10 bits per heavy atom. The molecule has 2 aliphatic rings. The number of amides is 1. The summed E-state index contributed by atoms with van der Waals surface area (Å²) in [4.78, 5) is 14.7. The maximum absolute atomic E-state index is 12.7. The number of rotatable bonds is 2. The lowest BCUT2D eigenvalue weighted by atomic mass is 9.98. The van der Waals surface area contributed by atoms with E-state index in [1.165, 1.54) is 0 Å². The highest BCUT2D eigenvalue weighted by Gasteiger charge is 2.47. The minimum absolute atomic E-state index is 0.0535. The minimum Gasteiger partial charge on any atom is -0.340 e. The van der Waals surface area contributed by atoms with E-state index in [0.717, 1.165) is 31.4 Å². The normalized spacial score (nSPS) is 32.1.